The van der Waals surface area contributed by atoms with Gasteiger partial charge in [0.2, 0.25) is 0 Å². The van der Waals surface area contributed by atoms with Gasteiger partial charge in [0.1, 0.15) is 0 Å². The van der Waals surface area contributed by atoms with Gasteiger partial charge in [-0.05, 0) is 28.1 Å². The molecule has 1 rings (SSSR count). The maximum atomic E-state index is 5.91. The van der Waals surface area contributed by atoms with Crippen LogP contribution in [0.1, 0.15) is 0 Å². The minimum absolute atomic E-state index is 0.680. The van der Waals surface area contributed by atoms with Gasteiger partial charge in [0, 0.05) is 11.0 Å². The molecule has 1 N–H and O–H groups in total. The Morgan fingerprint density at radius 2 is 2.23 bits per heavy atom. The monoisotopic (exact) mass is 323 g/mol. The Labute approximate surface area is 99.4 Å². The van der Waals surface area contributed by atoms with Crippen LogP contribution < -0.4 is 5.32 Å². The highest BCUT2D eigenvalue weighted by Gasteiger charge is 2.02. The summed E-state index contributed by atoms with van der Waals surface area (Å²) in [5.74, 6) is 0. The Morgan fingerprint density at radius 3 is 2.85 bits per heavy atom. The van der Waals surface area contributed by atoms with Crippen LogP contribution in [-0.4, -0.2) is 6.54 Å². The minimum Gasteiger partial charge on any atom is -0.380 e. The molecule has 1 nitrogen and oxygen atoms in total. The lowest BCUT2D eigenvalue weighted by Gasteiger charge is -2.08. The molecule has 0 aromatic heterocycles. The summed E-state index contributed by atoms with van der Waals surface area (Å²) >= 11 is 12.6. The van der Waals surface area contributed by atoms with Gasteiger partial charge in [0.25, 0.3) is 0 Å². The highest BCUT2D eigenvalue weighted by molar-refractivity contribution is 9.11. The van der Waals surface area contributed by atoms with Crippen molar-refractivity contribution in [3.63, 3.8) is 0 Å². The van der Waals surface area contributed by atoms with Crippen LogP contribution in [0.3, 0.4) is 0 Å². The van der Waals surface area contributed by atoms with Gasteiger partial charge in [-0.1, -0.05) is 40.2 Å². The molecular formula is C9H8Br2ClN. The van der Waals surface area contributed by atoms with E-state index in [2.05, 4.69) is 43.8 Å². The van der Waals surface area contributed by atoms with Crippen LogP contribution >= 0.6 is 43.5 Å². The van der Waals surface area contributed by atoms with Gasteiger partial charge in [0.05, 0.1) is 15.2 Å². The smallest absolute Gasteiger partial charge is 0.0593 e. The van der Waals surface area contributed by atoms with Crippen LogP contribution in [-0.2, 0) is 0 Å². The molecule has 0 atom stereocenters. The molecule has 0 fully saturated rings. The third kappa shape index (κ3) is 3.33. The summed E-state index contributed by atoms with van der Waals surface area (Å²) in [6.45, 7) is 4.41. The molecule has 1 aromatic carbocycles. The number of rotatable bonds is 3. The fourth-order valence-electron chi connectivity index (χ4n) is 0.831. The Kier molecular flexibility index (Phi) is 4.29. The Morgan fingerprint density at radius 1 is 1.54 bits per heavy atom. The minimum atomic E-state index is 0.680. The normalized spacial score (nSPS) is 9.77. The summed E-state index contributed by atoms with van der Waals surface area (Å²) < 4.78 is 1.78. The lowest BCUT2D eigenvalue weighted by Crippen LogP contribution is -2.00. The first-order chi connectivity index (χ1) is 6.11. The van der Waals surface area contributed by atoms with E-state index in [-0.39, 0.29) is 0 Å². The number of nitrogens with one attached hydrogen (secondary N) is 1. The first-order valence-corrected chi connectivity index (χ1v) is 5.59. The van der Waals surface area contributed by atoms with E-state index < -0.39 is 0 Å². The Bertz CT molecular complexity index is 325. The maximum Gasteiger partial charge on any atom is 0.0593 e. The zero-order chi connectivity index (χ0) is 9.84. The van der Waals surface area contributed by atoms with Gasteiger partial charge >= 0.3 is 0 Å². The molecule has 0 saturated carbocycles. The predicted molar refractivity (Wildman–Crippen MR) is 65.7 cm³/mol. The van der Waals surface area contributed by atoms with E-state index in [0.29, 0.717) is 11.6 Å². The molecule has 70 valence electrons. The second-order valence-electron chi connectivity index (χ2n) is 2.47. The van der Waals surface area contributed by atoms with E-state index in [0.717, 1.165) is 14.6 Å². The number of halogens is 3. The first-order valence-electron chi connectivity index (χ1n) is 3.62. The van der Waals surface area contributed by atoms with Gasteiger partial charge in [-0.2, -0.15) is 0 Å². The summed E-state index contributed by atoms with van der Waals surface area (Å²) in [6, 6.07) is 5.68. The zero-order valence-electron chi connectivity index (χ0n) is 6.78. The SMILES string of the molecule is C=C(Br)CNc1cccc(Cl)c1Br. The van der Waals surface area contributed by atoms with Crippen LogP contribution in [0.2, 0.25) is 5.02 Å². The quantitative estimate of drug-likeness (QED) is 0.867. The lowest BCUT2D eigenvalue weighted by molar-refractivity contribution is 1.32. The van der Waals surface area contributed by atoms with Gasteiger partial charge < -0.3 is 5.32 Å². The van der Waals surface area contributed by atoms with Crippen molar-refractivity contribution in [2.45, 2.75) is 0 Å². The molecule has 0 heterocycles. The topological polar surface area (TPSA) is 12.0 Å². The highest BCUT2D eigenvalue weighted by Crippen LogP contribution is 2.30. The van der Waals surface area contributed by atoms with Crippen LogP contribution in [0, 0.1) is 0 Å². The standard InChI is InChI=1S/C9H8Br2ClN/c1-6(10)5-13-8-4-2-3-7(12)9(8)11/h2-4,13H,1,5H2. The van der Waals surface area contributed by atoms with E-state index in [4.69, 9.17) is 11.6 Å². The van der Waals surface area contributed by atoms with E-state index in [1.54, 1.807) is 0 Å². The number of hydrogen-bond donors (Lipinski definition) is 1. The van der Waals surface area contributed by atoms with Crippen molar-refractivity contribution in [2.24, 2.45) is 0 Å². The molecule has 0 unspecified atom stereocenters. The van der Waals surface area contributed by atoms with Gasteiger partial charge in [-0.15, -0.1) is 0 Å². The molecule has 0 aliphatic carbocycles. The summed E-state index contributed by atoms with van der Waals surface area (Å²) in [5, 5.41) is 3.87. The largest absolute Gasteiger partial charge is 0.380 e. The van der Waals surface area contributed by atoms with E-state index >= 15 is 0 Å². The van der Waals surface area contributed by atoms with Crippen molar-refractivity contribution in [1.29, 1.82) is 0 Å². The van der Waals surface area contributed by atoms with Gasteiger partial charge in [-0.25, -0.2) is 0 Å². The second-order valence-corrected chi connectivity index (χ2v) is 4.79. The molecule has 13 heavy (non-hydrogen) atoms. The van der Waals surface area contributed by atoms with Crippen molar-refractivity contribution in [3.05, 3.63) is 38.8 Å². The highest BCUT2D eigenvalue weighted by atomic mass is 79.9. The molecular weight excluding hydrogens is 317 g/mol. The van der Waals surface area contributed by atoms with E-state index in [9.17, 15) is 0 Å². The second kappa shape index (κ2) is 5.03. The summed E-state index contributed by atoms with van der Waals surface area (Å²) in [5.41, 5.74) is 0.966. The summed E-state index contributed by atoms with van der Waals surface area (Å²) in [4.78, 5) is 0. The van der Waals surface area contributed by atoms with Crippen molar-refractivity contribution in [3.8, 4) is 0 Å². The van der Waals surface area contributed by atoms with Crippen molar-refractivity contribution in [1.82, 2.24) is 0 Å². The van der Waals surface area contributed by atoms with Crippen molar-refractivity contribution in [2.75, 3.05) is 11.9 Å². The van der Waals surface area contributed by atoms with Gasteiger partial charge in [0.15, 0.2) is 0 Å². The van der Waals surface area contributed by atoms with E-state index in [1.807, 2.05) is 18.2 Å². The average molecular weight is 325 g/mol. The molecule has 0 aliphatic heterocycles. The molecule has 4 heteroatoms. The molecule has 0 aliphatic rings. The number of hydrogen-bond acceptors (Lipinski definition) is 1. The van der Waals surface area contributed by atoms with Gasteiger partial charge in [-0.3, -0.25) is 0 Å². The molecule has 0 radical (unpaired) electrons. The number of anilines is 1. The third-order valence-electron chi connectivity index (χ3n) is 1.42. The van der Waals surface area contributed by atoms with Crippen LogP contribution in [0.4, 0.5) is 5.69 Å². The van der Waals surface area contributed by atoms with Crippen molar-refractivity contribution >= 4 is 49.1 Å². The fourth-order valence-corrected chi connectivity index (χ4v) is 1.55. The average Bonchev–Trinajstić information content (AvgIpc) is 2.07. The predicted octanol–water partition coefficient (Wildman–Crippen LogP) is 4.42. The fraction of sp³-hybridized carbons (Fsp3) is 0.111. The first kappa shape index (κ1) is 11.1. The molecule has 0 saturated heterocycles. The third-order valence-corrected chi connectivity index (χ3v) is 3.10. The molecule has 0 spiro atoms. The van der Waals surface area contributed by atoms with E-state index in [1.165, 1.54) is 0 Å². The molecule has 1 aromatic rings. The lowest BCUT2D eigenvalue weighted by atomic mass is 10.3. The number of benzene rings is 1. The summed E-state index contributed by atoms with van der Waals surface area (Å²) in [7, 11) is 0. The van der Waals surface area contributed by atoms with Crippen LogP contribution in [0.5, 0.6) is 0 Å². The Balaban J connectivity index is 2.77. The zero-order valence-corrected chi connectivity index (χ0v) is 10.7. The molecule has 0 amide bonds. The summed E-state index contributed by atoms with van der Waals surface area (Å²) in [6.07, 6.45) is 0. The molecule has 0 bridgehead atoms. The maximum absolute atomic E-state index is 5.91. The van der Waals surface area contributed by atoms with Crippen molar-refractivity contribution < 1.29 is 0 Å². The van der Waals surface area contributed by atoms with Crippen LogP contribution in [0.15, 0.2) is 33.7 Å². The Hall–Kier alpha value is 0.01000. The van der Waals surface area contributed by atoms with Crippen LogP contribution in [0.25, 0.3) is 0 Å².